The lowest BCUT2D eigenvalue weighted by molar-refractivity contribution is -0.134. The highest BCUT2D eigenvalue weighted by Crippen LogP contribution is 2.04. The molecule has 29 heavy (non-hydrogen) atoms. The molecule has 1 saturated heterocycles. The molecule has 1 N–H and O–H groups in total. The van der Waals surface area contributed by atoms with E-state index in [4.69, 9.17) is 24.1 Å². The number of piperazine rings is 1. The monoisotopic (exact) mass is 419 g/mol. The standard InChI is InChI=1S/C19H37N3O7/c1-20(18-24)7-11-28-15-17-29-16-14-26-10-2-19(25)22-5-3-21(4-6-22)8-12-27-13-9-23/h18,23H,2-17H2,1H3. The van der Waals surface area contributed by atoms with Gasteiger partial charge < -0.3 is 33.9 Å². The molecule has 1 aliphatic rings. The van der Waals surface area contributed by atoms with Crippen LogP contribution in [0, 0.1) is 0 Å². The van der Waals surface area contributed by atoms with Crippen molar-refractivity contribution < 1.29 is 33.6 Å². The van der Waals surface area contributed by atoms with Gasteiger partial charge in [0.05, 0.1) is 65.9 Å². The third-order valence-electron chi connectivity index (χ3n) is 4.49. The number of likely N-dealkylation sites (N-methyl/N-ethyl adjacent to an activating group) is 1. The quantitative estimate of drug-likeness (QED) is 0.215. The fourth-order valence-electron chi connectivity index (χ4n) is 2.70. The first kappa shape index (κ1) is 25.7. The summed E-state index contributed by atoms with van der Waals surface area (Å²) in [6.07, 6.45) is 1.15. The second kappa shape index (κ2) is 17.5. The summed E-state index contributed by atoms with van der Waals surface area (Å²) in [4.78, 5) is 28.3. The van der Waals surface area contributed by atoms with Crippen LogP contribution in [0.3, 0.4) is 0 Å². The normalized spacial score (nSPS) is 14.9. The van der Waals surface area contributed by atoms with Gasteiger partial charge in [0.25, 0.3) is 0 Å². The van der Waals surface area contributed by atoms with Crippen molar-refractivity contribution in [3.05, 3.63) is 0 Å². The van der Waals surface area contributed by atoms with Crippen LogP contribution < -0.4 is 0 Å². The molecule has 170 valence electrons. The number of hydrogen-bond donors (Lipinski definition) is 1. The highest BCUT2D eigenvalue weighted by atomic mass is 16.5. The Morgan fingerprint density at radius 3 is 2.10 bits per heavy atom. The van der Waals surface area contributed by atoms with E-state index in [-0.39, 0.29) is 12.5 Å². The fourth-order valence-corrected chi connectivity index (χ4v) is 2.70. The fraction of sp³-hybridized carbons (Fsp3) is 0.895. The smallest absolute Gasteiger partial charge is 0.224 e. The number of ether oxygens (including phenoxy) is 4. The van der Waals surface area contributed by atoms with Crippen molar-refractivity contribution in [2.24, 2.45) is 0 Å². The molecule has 1 aliphatic heterocycles. The van der Waals surface area contributed by atoms with Crippen molar-refractivity contribution >= 4 is 12.3 Å². The average Bonchev–Trinajstić information content (AvgIpc) is 2.75. The number of aliphatic hydroxyl groups excluding tert-OH is 1. The van der Waals surface area contributed by atoms with E-state index in [1.807, 2.05) is 4.90 Å². The van der Waals surface area contributed by atoms with Crippen molar-refractivity contribution in [1.82, 2.24) is 14.7 Å². The number of nitrogens with zero attached hydrogens (tertiary/aromatic N) is 3. The molecule has 0 aromatic heterocycles. The maximum absolute atomic E-state index is 12.2. The lowest BCUT2D eigenvalue weighted by Gasteiger charge is -2.34. The minimum atomic E-state index is 0.0479. The van der Waals surface area contributed by atoms with Crippen molar-refractivity contribution in [2.45, 2.75) is 6.42 Å². The summed E-state index contributed by atoms with van der Waals surface area (Å²) in [5, 5.41) is 8.68. The first-order valence-electron chi connectivity index (χ1n) is 10.2. The van der Waals surface area contributed by atoms with Gasteiger partial charge >= 0.3 is 0 Å². The summed E-state index contributed by atoms with van der Waals surface area (Å²) in [7, 11) is 1.70. The summed E-state index contributed by atoms with van der Waals surface area (Å²) in [6, 6.07) is 0. The Morgan fingerprint density at radius 1 is 0.897 bits per heavy atom. The van der Waals surface area contributed by atoms with Crippen LogP contribution >= 0.6 is 0 Å². The van der Waals surface area contributed by atoms with Gasteiger partial charge in [0.15, 0.2) is 0 Å². The van der Waals surface area contributed by atoms with Crippen molar-refractivity contribution in [2.75, 3.05) is 106 Å². The van der Waals surface area contributed by atoms with Crippen molar-refractivity contribution in [1.29, 1.82) is 0 Å². The van der Waals surface area contributed by atoms with Crippen molar-refractivity contribution in [3.8, 4) is 0 Å². The van der Waals surface area contributed by atoms with E-state index in [1.54, 1.807) is 7.05 Å². The molecule has 0 aromatic carbocycles. The molecule has 0 radical (unpaired) electrons. The molecule has 10 nitrogen and oxygen atoms in total. The molecular formula is C19H37N3O7. The molecule has 10 heteroatoms. The number of amides is 2. The Kier molecular flexibility index (Phi) is 15.6. The zero-order chi connectivity index (χ0) is 21.2. The minimum absolute atomic E-state index is 0.0479. The maximum atomic E-state index is 12.2. The predicted molar refractivity (Wildman–Crippen MR) is 107 cm³/mol. The molecule has 2 amide bonds. The number of carbonyl (C=O) groups is 2. The summed E-state index contributed by atoms with van der Waals surface area (Å²) >= 11 is 0. The van der Waals surface area contributed by atoms with Crippen LogP contribution in [0.15, 0.2) is 0 Å². The van der Waals surface area contributed by atoms with Gasteiger partial charge in [0.1, 0.15) is 0 Å². The molecule has 1 heterocycles. The molecule has 0 bridgehead atoms. The summed E-state index contributed by atoms with van der Waals surface area (Å²) in [5.41, 5.74) is 0. The third kappa shape index (κ3) is 13.5. The van der Waals surface area contributed by atoms with Crippen LogP contribution in [-0.2, 0) is 28.5 Å². The first-order valence-corrected chi connectivity index (χ1v) is 10.2. The van der Waals surface area contributed by atoms with Gasteiger partial charge in [-0.2, -0.15) is 0 Å². The minimum Gasteiger partial charge on any atom is -0.394 e. The number of rotatable bonds is 18. The van der Waals surface area contributed by atoms with E-state index < -0.39 is 0 Å². The van der Waals surface area contributed by atoms with E-state index in [0.717, 1.165) is 39.1 Å². The van der Waals surface area contributed by atoms with Gasteiger partial charge in [-0.15, -0.1) is 0 Å². The van der Waals surface area contributed by atoms with Gasteiger partial charge in [-0.1, -0.05) is 0 Å². The zero-order valence-electron chi connectivity index (χ0n) is 17.6. The molecule has 0 aromatic rings. The molecule has 1 fully saturated rings. The van der Waals surface area contributed by atoms with Crippen LogP contribution in [0.2, 0.25) is 0 Å². The predicted octanol–water partition coefficient (Wildman–Crippen LogP) is -1.33. The van der Waals surface area contributed by atoms with E-state index in [2.05, 4.69) is 4.90 Å². The largest absolute Gasteiger partial charge is 0.394 e. The average molecular weight is 420 g/mol. The molecule has 0 unspecified atom stereocenters. The van der Waals surface area contributed by atoms with E-state index >= 15 is 0 Å². The van der Waals surface area contributed by atoms with E-state index in [0.29, 0.717) is 65.8 Å². The maximum Gasteiger partial charge on any atom is 0.224 e. The Bertz CT molecular complexity index is 421. The van der Waals surface area contributed by atoms with Crippen LogP contribution in [-0.4, -0.2) is 138 Å². The lowest BCUT2D eigenvalue weighted by atomic mass is 10.3. The Morgan fingerprint density at radius 2 is 1.48 bits per heavy atom. The summed E-state index contributed by atoms with van der Waals surface area (Å²) in [6.45, 7) is 8.30. The van der Waals surface area contributed by atoms with E-state index in [9.17, 15) is 9.59 Å². The summed E-state index contributed by atoms with van der Waals surface area (Å²) in [5.74, 6) is 0.121. The summed E-state index contributed by atoms with van der Waals surface area (Å²) < 4.78 is 21.5. The Balaban J connectivity index is 1.89. The van der Waals surface area contributed by atoms with Gasteiger partial charge in [-0.3, -0.25) is 14.5 Å². The van der Waals surface area contributed by atoms with Crippen LogP contribution in [0.1, 0.15) is 6.42 Å². The van der Waals surface area contributed by atoms with Gasteiger partial charge in [0, 0.05) is 46.3 Å². The molecule has 0 aliphatic carbocycles. The molecule has 1 rings (SSSR count). The lowest BCUT2D eigenvalue weighted by Crippen LogP contribution is -2.49. The number of hydrogen-bond acceptors (Lipinski definition) is 8. The number of aliphatic hydroxyl groups is 1. The molecule has 0 saturated carbocycles. The molecule has 0 atom stereocenters. The van der Waals surface area contributed by atoms with Gasteiger partial charge in [-0.05, 0) is 0 Å². The van der Waals surface area contributed by atoms with Crippen LogP contribution in [0.4, 0.5) is 0 Å². The van der Waals surface area contributed by atoms with Gasteiger partial charge in [0.2, 0.25) is 12.3 Å². The molecule has 0 spiro atoms. The highest BCUT2D eigenvalue weighted by Gasteiger charge is 2.20. The van der Waals surface area contributed by atoms with Gasteiger partial charge in [-0.25, -0.2) is 0 Å². The number of carbonyl (C=O) groups excluding carboxylic acids is 2. The second-order valence-corrected chi connectivity index (χ2v) is 6.73. The van der Waals surface area contributed by atoms with E-state index in [1.165, 1.54) is 4.90 Å². The highest BCUT2D eigenvalue weighted by molar-refractivity contribution is 5.76. The molecular weight excluding hydrogens is 382 g/mol. The first-order chi connectivity index (χ1) is 14.2. The Hall–Kier alpha value is -1.30. The second-order valence-electron chi connectivity index (χ2n) is 6.73. The third-order valence-corrected chi connectivity index (χ3v) is 4.49. The van der Waals surface area contributed by atoms with Crippen LogP contribution in [0.5, 0.6) is 0 Å². The van der Waals surface area contributed by atoms with Crippen LogP contribution in [0.25, 0.3) is 0 Å². The zero-order valence-corrected chi connectivity index (χ0v) is 17.6. The Labute approximate surface area is 173 Å². The van der Waals surface area contributed by atoms with Crippen molar-refractivity contribution in [3.63, 3.8) is 0 Å². The topological polar surface area (TPSA) is 101 Å². The SMILES string of the molecule is CN(C=O)CCOCCOCCOCCC(=O)N1CCN(CCOCCO)CC1.